The second-order valence-electron chi connectivity index (χ2n) is 3.27. The summed E-state index contributed by atoms with van der Waals surface area (Å²) in [7, 11) is 0. The molecule has 10 heavy (non-hydrogen) atoms. The topological polar surface area (TPSA) is 12.0 Å². The normalized spacial score (nSPS) is 37.6. The van der Waals surface area contributed by atoms with Crippen LogP contribution < -0.4 is 5.32 Å². The smallest absolute Gasteiger partial charge is 0.0132 e. The van der Waals surface area contributed by atoms with Crippen molar-refractivity contribution in [2.45, 2.75) is 19.3 Å². The average molecular weight is 135 g/mol. The molecular formula is C9H13N. The molecule has 0 amide bonds. The van der Waals surface area contributed by atoms with E-state index in [1.165, 1.54) is 19.5 Å². The molecule has 1 N–H and O–H groups in total. The summed E-state index contributed by atoms with van der Waals surface area (Å²) in [5.74, 6) is 8.19. The maximum atomic E-state index is 3.42. The molecule has 2 aliphatic rings. The number of fused-ring (bicyclic) bond motifs is 1. The van der Waals surface area contributed by atoms with Crippen LogP contribution in [0.15, 0.2) is 0 Å². The van der Waals surface area contributed by atoms with Crippen LogP contribution in [-0.2, 0) is 0 Å². The number of piperidine rings is 1. The van der Waals surface area contributed by atoms with Gasteiger partial charge in [-0.2, -0.15) is 0 Å². The van der Waals surface area contributed by atoms with Crippen molar-refractivity contribution in [3.63, 3.8) is 0 Å². The van der Waals surface area contributed by atoms with Gasteiger partial charge in [-0.05, 0) is 31.3 Å². The van der Waals surface area contributed by atoms with Crippen LogP contribution in [0.3, 0.4) is 0 Å². The zero-order chi connectivity index (χ0) is 6.81. The largest absolute Gasteiger partial charge is 0.316 e. The fourth-order valence-corrected chi connectivity index (χ4v) is 1.89. The molecule has 0 aromatic carbocycles. The lowest BCUT2D eigenvalue weighted by Gasteiger charge is -2.31. The number of nitrogens with one attached hydrogen (secondary N) is 1. The molecule has 2 unspecified atom stereocenters. The van der Waals surface area contributed by atoms with Gasteiger partial charge in [0.15, 0.2) is 0 Å². The minimum Gasteiger partial charge on any atom is -0.316 e. The van der Waals surface area contributed by atoms with E-state index in [9.17, 15) is 0 Å². The first-order valence-corrected chi connectivity index (χ1v) is 4.13. The summed E-state index contributed by atoms with van der Waals surface area (Å²) in [6.07, 6.45) is 3.64. The second-order valence-corrected chi connectivity index (χ2v) is 3.27. The zero-order valence-electron chi connectivity index (χ0n) is 6.19. The van der Waals surface area contributed by atoms with Crippen LogP contribution in [0.4, 0.5) is 0 Å². The van der Waals surface area contributed by atoms with Crippen molar-refractivity contribution in [2.75, 3.05) is 13.1 Å². The van der Waals surface area contributed by atoms with Gasteiger partial charge in [0.1, 0.15) is 0 Å². The third kappa shape index (κ3) is 1.04. The molecule has 0 bridgehead atoms. The fourth-order valence-electron chi connectivity index (χ4n) is 1.89. The molecular weight excluding hydrogens is 122 g/mol. The van der Waals surface area contributed by atoms with Crippen molar-refractivity contribution >= 4 is 0 Å². The second kappa shape index (κ2) is 2.64. The van der Waals surface area contributed by atoms with Crippen molar-refractivity contribution in [2.24, 2.45) is 11.8 Å². The lowest BCUT2D eigenvalue weighted by molar-refractivity contribution is 0.257. The van der Waals surface area contributed by atoms with Gasteiger partial charge in [-0.1, -0.05) is 0 Å². The Bertz CT molecular complexity index is 157. The molecule has 1 aliphatic heterocycles. The Hall–Kier alpha value is -0.480. The van der Waals surface area contributed by atoms with Gasteiger partial charge in [-0.3, -0.25) is 0 Å². The van der Waals surface area contributed by atoms with Crippen LogP contribution in [0, 0.1) is 23.7 Å². The number of hydrogen-bond acceptors (Lipinski definition) is 1. The van der Waals surface area contributed by atoms with E-state index in [-0.39, 0.29) is 0 Å². The van der Waals surface area contributed by atoms with E-state index in [0.29, 0.717) is 0 Å². The third-order valence-corrected chi connectivity index (χ3v) is 2.62. The lowest BCUT2D eigenvalue weighted by Crippen LogP contribution is -2.37. The van der Waals surface area contributed by atoms with Gasteiger partial charge < -0.3 is 5.32 Å². The van der Waals surface area contributed by atoms with Crippen LogP contribution in [0.25, 0.3) is 0 Å². The van der Waals surface area contributed by atoms with E-state index in [2.05, 4.69) is 17.2 Å². The maximum absolute atomic E-state index is 3.42. The predicted octanol–water partition coefficient (Wildman–Crippen LogP) is 1.01. The SMILES string of the molecule is C1#CCC2CNCCC2C1. The molecule has 0 radical (unpaired) electrons. The summed E-state index contributed by atoms with van der Waals surface area (Å²) in [5.41, 5.74) is 0. The maximum Gasteiger partial charge on any atom is 0.0132 e. The summed E-state index contributed by atoms with van der Waals surface area (Å²) in [6, 6.07) is 0. The van der Waals surface area contributed by atoms with E-state index in [1.807, 2.05) is 0 Å². The molecule has 1 heteroatoms. The highest BCUT2D eigenvalue weighted by molar-refractivity contribution is 5.08. The Morgan fingerprint density at radius 2 is 1.90 bits per heavy atom. The first-order valence-electron chi connectivity index (χ1n) is 4.13. The minimum atomic E-state index is 0.870. The Balaban J connectivity index is 2.04. The van der Waals surface area contributed by atoms with Gasteiger partial charge in [0.2, 0.25) is 0 Å². The summed E-state index contributed by atoms with van der Waals surface area (Å²) >= 11 is 0. The summed E-state index contributed by atoms with van der Waals surface area (Å²) in [4.78, 5) is 0. The third-order valence-electron chi connectivity index (χ3n) is 2.62. The first-order chi connectivity index (χ1) is 4.97. The molecule has 0 aromatic heterocycles. The van der Waals surface area contributed by atoms with E-state index < -0.39 is 0 Å². The standard InChI is InChI=1S/C9H13N/c1-2-4-9-7-10-6-5-8(9)3-1/h8-10H,3-7H2. The molecule has 0 aromatic rings. The molecule has 54 valence electrons. The minimum absolute atomic E-state index is 0.870. The van der Waals surface area contributed by atoms with Crippen molar-refractivity contribution in [1.29, 1.82) is 0 Å². The highest BCUT2D eigenvalue weighted by Gasteiger charge is 2.24. The van der Waals surface area contributed by atoms with E-state index in [4.69, 9.17) is 0 Å². The Morgan fingerprint density at radius 3 is 2.70 bits per heavy atom. The van der Waals surface area contributed by atoms with E-state index >= 15 is 0 Å². The van der Waals surface area contributed by atoms with Crippen molar-refractivity contribution in [3.8, 4) is 11.8 Å². The van der Waals surface area contributed by atoms with Crippen molar-refractivity contribution in [1.82, 2.24) is 5.32 Å². The molecule has 1 saturated heterocycles. The molecule has 1 nitrogen and oxygen atoms in total. The molecule has 1 aliphatic carbocycles. The fraction of sp³-hybridized carbons (Fsp3) is 0.778. The zero-order valence-corrected chi connectivity index (χ0v) is 6.19. The van der Waals surface area contributed by atoms with Gasteiger partial charge in [-0.25, -0.2) is 0 Å². The van der Waals surface area contributed by atoms with Crippen molar-refractivity contribution in [3.05, 3.63) is 0 Å². The summed E-state index contributed by atoms with van der Waals surface area (Å²) in [5, 5.41) is 3.42. The summed E-state index contributed by atoms with van der Waals surface area (Å²) in [6.45, 7) is 2.42. The molecule has 0 saturated carbocycles. The average Bonchev–Trinajstić information content (AvgIpc) is 2.05. The van der Waals surface area contributed by atoms with E-state index in [0.717, 1.165) is 24.7 Å². The molecule has 1 heterocycles. The van der Waals surface area contributed by atoms with Crippen LogP contribution in [0.2, 0.25) is 0 Å². The van der Waals surface area contributed by atoms with E-state index in [1.54, 1.807) is 0 Å². The number of hydrogen-bond donors (Lipinski definition) is 1. The highest BCUT2D eigenvalue weighted by atomic mass is 14.9. The molecule has 2 rings (SSSR count). The lowest BCUT2D eigenvalue weighted by atomic mass is 9.80. The van der Waals surface area contributed by atoms with Gasteiger partial charge in [-0.15, -0.1) is 11.8 Å². The number of rotatable bonds is 0. The van der Waals surface area contributed by atoms with Crippen LogP contribution >= 0.6 is 0 Å². The highest BCUT2D eigenvalue weighted by Crippen LogP contribution is 2.26. The quantitative estimate of drug-likeness (QED) is 0.489. The summed E-state index contributed by atoms with van der Waals surface area (Å²) < 4.78 is 0. The predicted molar refractivity (Wildman–Crippen MR) is 41.5 cm³/mol. The van der Waals surface area contributed by atoms with Crippen LogP contribution in [-0.4, -0.2) is 13.1 Å². The molecule has 1 fully saturated rings. The van der Waals surface area contributed by atoms with Gasteiger partial charge in [0.05, 0.1) is 0 Å². The Kier molecular flexibility index (Phi) is 1.65. The van der Waals surface area contributed by atoms with Crippen LogP contribution in [0.5, 0.6) is 0 Å². The first kappa shape index (κ1) is 6.24. The van der Waals surface area contributed by atoms with Gasteiger partial charge in [0.25, 0.3) is 0 Å². The molecule has 2 atom stereocenters. The molecule has 0 spiro atoms. The van der Waals surface area contributed by atoms with Crippen LogP contribution in [0.1, 0.15) is 19.3 Å². The van der Waals surface area contributed by atoms with Gasteiger partial charge in [0, 0.05) is 12.8 Å². The Morgan fingerprint density at radius 1 is 1.10 bits per heavy atom. The van der Waals surface area contributed by atoms with Crippen molar-refractivity contribution < 1.29 is 0 Å². The Labute approximate surface area is 62.2 Å². The van der Waals surface area contributed by atoms with Gasteiger partial charge >= 0.3 is 0 Å². The monoisotopic (exact) mass is 135 g/mol.